The van der Waals surface area contributed by atoms with Gasteiger partial charge < -0.3 is 14.8 Å². The number of hydrogen-bond acceptors (Lipinski definition) is 7. The van der Waals surface area contributed by atoms with E-state index >= 15 is 0 Å². The first-order valence-electron chi connectivity index (χ1n) is 9.08. The van der Waals surface area contributed by atoms with Gasteiger partial charge in [-0.25, -0.2) is 4.79 Å². The van der Waals surface area contributed by atoms with Gasteiger partial charge in [0.15, 0.2) is 6.61 Å². The summed E-state index contributed by atoms with van der Waals surface area (Å²) in [6.45, 7) is 0.221. The quantitative estimate of drug-likeness (QED) is 0.303. The molecular weight excluding hydrogens is 396 g/mol. The molecule has 1 N–H and O–H groups in total. The number of thioether (sulfide) groups is 1. The van der Waals surface area contributed by atoms with Gasteiger partial charge in [-0.2, -0.15) is 0 Å². The highest BCUT2D eigenvalue weighted by Crippen LogP contribution is 2.27. The Morgan fingerprint density at radius 3 is 2.72 bits per heavy atom. The van der Waals surface area contributed by atoms with E-state index in [4.69, 9.17) is 9.47 Å². The van der Waals surface area contributed by atoms with Crippen LogP contribution in [0.15, 0.2) is 53.4 Å². The topological polar surface area (TPSA) is 108 Å². The third-order valence-electron chi connectivity index (χ3n) is 4.26. The SMILES string of the molecule is O=C(COC(=O)c1ccccc1SC[C@H]1CCCO1)Nc1ccccc1[N+](=O)[O-]. The van der Waals surface area contributed by atoms with Crippen molar-refractivity contribution in [2.75, 3.05) is 24.3 Å². The second kappa shape index (κ2) is 10.0. The average Bonchev–Trinajstić information content (AvgIpc) is 3.24. The third-order valence-corrected chi connectivity index (χ3v) is 5.47. The van der Waals surface area contributed by atoms with Crippen molar-refractivity contribution in [1.82, 2.24) is 0 Å². The number of esters is 1. The monoisotopic (exact) mass is 416 g/mol. The van der Waals surface area contributed by atoms with E-state index in [0.717, 1.165) is 30.1 Å². The number of carbonyl (C=O) groups excluding carboxylic acids is 2. The minimum atomic E-state index is -0.655. The van der Waals surface area contributed by atoms with Crippen LogP contribution in [-0.2, 0) is 14.3 Å². The summed E-state index contributed by atoms with van der Waals surface area (Å²) in [7, 11) is 0. The molecular formula is C20H20N2O6S. The van der Waals surface area contributed by atoms with Gasteiger partial charge in [0.25, 0.3) is 11.6 Å². The van der Waals surface area contributed by atoms with Crippen LogP contribution in [0.3, 0.4) is 0 Å². The molecule has 0 aliphatic carbocycles. The Bertz CT molecular complexity index is 898. The first-order valence-corrected chi connectivity index (χ1v) is 10.1. The Morgan fingerprint density at radius 2 is 1.97 bits per heavy atom. The van der Waals surface area contributed by atoms with Crippen LogP contribution in [0.4, 0.5) is 11.4 Å². The van der Waals surface area contributed by atoms with Gasteiger partial charge in [-0.15, -0.1) is 11.8 Å². The molecule has 9 heteroatoms. The van der Waals surface area contributed by atoms with Crippen LogP contribution in [0.1, 0.15) is 23.2 Å². The zero-order valence-electron chi connectivity index (χ0n) is 15.5. The highest BCUT2D eigenvalue weighted by molar-refractivity contribution is 7.99. The summed E-state index contributed by atoms with van der Waals surface area (Å²) >= 11 is 1.51. The lowest BCUT2D eigenvalue weighted by molar-refractivity contribution is -0.383. The Balaban J connectivity index is 1.56. The van der Waals surface area contributed by atoms with Crippen molar-refractivity contribution in [2.24, 2.45) is 0 Å². The van der Waals surface area contributed by atoms with Crippen LogP contribution in [0.2, 0.25) is 0 Å². The summed E-state index contributed by atoms with van der Waals surface area (Å²) in [4.78, 5) is 35.7. The highest BCUT2D eigenvalue weighted by Gasteiger charge is 2.20. The Hall–Kier alpha value is -2.91. The predicted molar refractivity (Wildman–Crippen MR) is 108 cm³/mol. The van der Waals surface area contributed by atoms with Gasteiger partial charge in [0.1, 0.15) is 5.69 Å². The predicted octanol–water partition coefficient (Wildman–Crippen LogP) is 3.66. The number of carbonyl (C=O) groups is 2. The van der Waals surface area contributed by atoms with E-state index in [1.165, 1.54) is 30.0 Å². The molecule has 29 heavy (non-hydrogen) atoms. The van der Waals surface area contributed by atoms with E-state index in [2.05, 4.69) is 5.32 Å². The van der Waals surface area contributed by atoms with Crippen LogP contribution in [0, 0.1) is 10.1 Å². The van der Waals surface area contributed by atoms with Gasteiger partial charge in [-0.1, -0.05) is 24.3 Å². The maximum absolute atomic E-state index is 12.4. The number of ether oxygens (including phenoxy) is 2. The molecule has 1 aliphatic rings. The van der Waals surface area contributed by atoms with Crippen LogP contribution < -0.4 is 5.32 Å². The molecule has 3 rings (SSSR count). The van der Waals surface area contributed by atoms with E-state index in [1.807, 2.05) is 12.1 Å². The number of nitro groups is 1. The molecule has 0 spiro atoms. The zero-order chi connectivity index (χ0) is 20.6. The highest BCUT2D eigenvalue weighted by atomic mass is 32.2. The minimum absolute atomic E-state index is 0.0473. The van der Waals surface area contributed by atoms with Crippen molar-refractivity contribution in [2.45, 2.75) is 23.8 Å². The summed E-state index contributed by atoms with van der Waals surface area (Å²) in [5.74, 6) is -0.544. The summed E-state index contributed by atoms with van der Waals surface area (Å²) in [5.41, 5.74) is 0.183. The first-order chi connectivity index (χ1) is 14.0. The van der Waals surface area contributed by atoms with Crippen molar-refractivity contribution in [3.05, 3.63) is 64.2 Å². The molecule has 8 nitrogen and oxygen atoms in total. The van der Waals surface area contributed by atoms with Gasteiger partial charge in [0.05, 0.1) is 16.6 Å². The van der Waals surface area contributed by atoms with Gasteiger partial charge in [-0.3, -0.25) is 14.9 Å². The number of anilines is 1. The normalized spacial score (nSPS) is 15.7. The average molecular weight is 416 g/mol. The van der Waals surface area contributed by atoms with Gasteiger partial charge in [-0.05, 0) is 31.0 Å². The van der Waals surface area contributed by atoms with Gasteiger partial charge in [0.2, 0.25) is 0 Å². The molecule has 0 bridgehead atoms. The number of amides is 1. The van der Waals surface area contributed by atoms with Gasteiger partial charge >= 0.3 is 5.97 Å². The molecule has 2 aromatic carbocycles. The van der Waals surface area contributed by atoms with E-state index < -0.39 is 23.4 Å². The molecule has 1 heterocycles. The van der Waals surface area contributed by atoms with Crippen LogP contribution in [0.25, 0.3) is 0 Å². The molecule has 0 unspecified atom stereocenters. The Morgan fingerprint density at radius 1 is 1.21 bits per heavy atom. The molecule has 152 valence electrons. The molecule has 1 saturated heterocycles. The molecule has 2 aromatic rings. The summed E-state index contributed by atoms with van der Waals surface area (Å²) in [6.07, 6.45) is 2.23. The van der Waals surface area contributed by atoms with E-state index in [0.29, 0.717) is 5.56 Å². The fourth-order valence-electron chi connectivity index (χ4n) is 2.85. The van der Waals surface area contributed by atoms with Crippen LogP contribution in [0.5, 0.6) is 0 Å². The number of nitro benzene ring substituents is 1. The number of benzene rings is 2. The van der Waals surface area contributed by atoms with Crippen molar-refractivity contribution in [1.29, 1.82) is 0 Å². The fourth-order valence-corrected chi connectivity index (χ4v) is 3.96. The summed E-state index contributed by atoms with van der Waals surface area (Å²) < 4.78 is 10.7. The first kappa shape index (κ1) is 20.8. The standard InChI is InChI=1S/C20H20N2O6S/c23-19(21-16-8-2-3-9-17(16)22(25)26)12-28-20(24)15-7-1-4-10-18(15)29-13-14-6-5-11-27-14/h1-4,7-10,14H,5-6,11-13H2,(H,21,23)/t14-/m1/s1. The molecule has 1 fully saturated rings. The van der Waals surface area contributed by atoms with Crippen molar-refractivity contribution in [3.63, 3.8) is 0 Å². The smallest absolute Gasteiger partial charge is 0.339 e. The number of nitrogens with one attached hydrogen (secondary N) is 1. The maximum atomic E-state index is 12.4. The summed E-state index contributed by atoms with van der Waals surface area (Å²) in [6, 6.07) is 12.8. The van der Waals surface area contributed by atoms with Crippen molar-refractivity contribution in [3.8, 4) is 0 Å². The fraction of sp³-hybridized carbons (Fsp3) is 0.300. The van der Waals surface area contributed by atoms with Gasteiger partial charge in [0, 0.05) is 23.3 Å². The number of para-hydroxylation sites is 2. The third kappa shape index (κ3) is 5.78. The van der Waals surface area contributed by atoms with E-state index in [9.17, 15) is 19.7 Å². The second-order valence-corrected chi connectivity index (χ2v) is 7.40. The molecule has 1 amide bonds. The Kier molecular flexibility index (Phi) is 7.20. The number of hydrogen-bond donors (Lipinski definition) is 1. The summed E-state index contributed by atoms with van der Waals surface area (Å²) in [5, 5.41) is 13.4. The van der Waals surface area contributed by atoms with Crippen LogP contribution >= 0.6 is 11.8 Å². The van der Waals surface area contributed by atoms with E-state index in [1.54, 1.807) is 18.2 Å². The molecule has 1 atom stereocenters. The minimum Gasteiger partial charge on any atom is -0.452 e. The van der Waals surface area contributed by atoms with Crippen LogP contribution in [-0.4, -0.2) is 41.9 Å². The lowest BCUT2D eigenvalue weighted by atomic mass is 10.2. The molecule has 0 saturated carbocycles. The second-order valence-electron chi connectivity index (χ2n) is 6.34. The van der Waals surface area contributed by atoms with E-state index in [-0.39, 0.29) is 17.5 Å². The number of rotatable bonds is 8. The van der Waals surface area contributed by atoms with Crippen molar-refractivity contribution < 1.29 is 24.0 Å². The molecule has 1 aliphatic heterocycles. The zero-order valence-corrected chi connectivity index (χ0v) is 16.4. The van der Waals surface area contributed by atoms with Crippen molar-refractivity contribution >= 4 is 35.0 Å². The Labute approximate surface area is 171 Å². The number of nitrogens with zero attached hydrogens (tertiary/aromatic N) is 1. The largest absolute Gasteiger partial charge is 0.452 e. The maximum Gasteiger partial charge on any atom is 0.339 e. The lowest BCUT2D eigenvalue weighted by Gasteiger charge is -2.12. The lowest BCUT2D eigenvalue weighted by Crippen LogP contribution is -2.21. The molecule has 0 radical (unpaired) electrons. The molecule has 0 aromatic heterocycles.